The second kappa shape index (κ2) is 9.10. The van der Waals surface area contributed by atoms with Crippen LogP contribution in [0, 0.1) is 0 Å². The Morgan fingerprint density at radius 3 is 2.58 bits per heavy atom. The molecule has 0 amide bonds. The second-order valence-corrected chi connectivity index (χ2v) is 8.39. The second-order valence-electron chi connectivity index (χ2n) is 6.39. The summed E-state index contributed by atoms with van der Waals surface area (Å²) in [6.45, 7) is 4.67. The van der Waals surface area contributed by atoms with Crippen LogP contribution >= 0.6 is 7.60 Å². The molecule has 2 unspecified atom stereocenters. The number of fused-ring (bicyclic) bond motifs is 1. The number of esters is 1. The van der Waals surface area contributed by atoms with Crippen molar-refractivity contribution in [1.29, 1.82) is 0 Å². The molecule has 0 aliphatic heterocycles. The van der Waals surface area contributed by atoms with Gasteiger partial charge in [-0.25, -0.2) is 4.98 Å². The van der Waals surface area contributed by atoms with E-state index < -0.39 is 43.5 Å². The fourth-order valence-electron chi connectivity index (χ4n) is 3.06. The third-order valence-corrected chi connectivity index (χ3v) is 5.95. The number of H-pyrrole nitrogens is 1. The zero-order valence-corrected chi connectivity index (χ0v) is 18.0. The van der Waals surface area contributed by atoms with E-state index in [9.17, 15) is 18.9 Å². The summed E-state index contributed by atoms with van der Waals surface area (Å²) in [6.07, 6.45) is -0.409. The van der Waals surface area contributed by atoms with Gasteiger partial charge in [0.1, 0.15) is 12.7 Å². The van der Waals surface area contributed by atoms with Crippen LogP contribution in [0.1, 0.15) is 20.8 Å². The third-order valence-electron chi connectivity index (χ3n) is 4.18. The van der Waals surface area contributed by atoms with Crippen molar-refractivity contribution in [2.24, 2.45) is 0 Å². The number of aromatic nitrogens is 4. The molecule has 13 nitrogen and oxygen atoms in total. The molecular weight excluding hydrogens is 433 g/mol. The van der Waals surface area contributed by atoms with Crippen molar-refractivity contribution >= 4 is 42.2 Å². The van der Waals surface area contributed by atoms with Gasteiger partial charge < -0.3 is 24.3 Å². The van der Waals surface area contributed by atoms with Gasteiger partial charge in [-0.15, -0.1) is 0 Å². The highest BCUT2D eigenvalue weighted by Crippen LogP contribution is 2.48. The number of imidazole rings is 1. The van der Waals surface area contributed by atoms with Gasteiger partial charge in [0, 0.05) is 6.92 Å². The minimum atomic E-state index is -3.62. The smallest absolute Gasteiger partial charge is 0.356 e. The molecule has 1 aliphatic carbocycles. The monoisotopic (exact) mass is 455 g/mol. The van der Waals surface area contributed by atoms with E-state index in [0.29, 0.717) is 0 Å². The molecule has 0 fully saturated rings. The maximum absolute atomic E-state index is 13.1. The van der Waals surface area contributed by atoms with Gasteiger partial charge in [-0.2, -0.15) is 4.98 Å². The normalized spacial score (nSPS) is 19.1. The molecule has 1 aliphatic rings. The van der Waals surface area contributed by atoms with Crippen molar-refractivity contribution in [3.63, 3.8) is 0 Å². The van der Waals surface area contributed by atoms with Gasteiger partial charge in [-0.3, -0.25) is 28.5 Å². The molecule has 2 aromatic rings. The number of nitrogens with zero attached hydrogens (tertiary/aromatic N) is 3. The number of hydrogen-bond acceptors (Lipinski definition) is 11. The van der Waals surface area contributed by atoms with Crippen LogP contribution in [0.5, 0.6) is 0 Å². The Kier molecular flexibility index (Phi) is 6.70. The van der Waals surface area contributed by atoms with Crippen molar-refractivity contribution in [2.45, 2.75) is 33.0 Å². The third kappa shape index (κ3) is 4.74. The minimum Gasteiger partial charge on any atom is -0.455 e. The number of hydrogen-bond donors (Lipinski definition) is 2. The maximum Gasteiger partial charge on any atom is 0.356 e. The molecule has 2 heterocycles. The maximum atomic E-state index is 13.1. The van der Waals surface area contributed by atoms with Gasteiger partial charge in [-0.1, -0.05) is 0 Å². The lowest BCUT2D eigenvalue weighted by molar-refractivity contribution is -0.151. The summed E-state index contributed by atoms with van der Waals surface area (Å²) in [5.74, 6) is -1.43. The van der Waals surface area contributed by atoms with Crippen molar-refractivity contribution in [2.75, 3.05) is 25.3 Å². The highest BCUT2D eigenvalue weighted by molar-refractivity contribution is 7.53. The first-order chi connectivity index (χ1) is 14.7. The van der Waals surface area contributed by atoms with E-state index >= 15 is 0 Å². The number of nitrogen functional groups attached to an aromatic ring is 1. The van der Waals surface area contributed by atoms with Crippen LogP contribution in [-0.4, -0.2) is 63.0 Å². The molecular formula is C17H22N5O8P. The summed E-state index contributed by atoms with van der Waals surface area (Å²) >= 11 is 0. The highest BCUT2D eigenvalue weighted by atomic mass is 31.2. The quantitative estimate of drug-likeness (QED) is 0.401. The average molecular weight is 455 g/mol. The first-order valence-electron chi connectivity index (χ1n) is 9.35. The molecule has 0 saturated heterocycles. The predicted octanol–water partition coefficient (Wildman–Crippen LogP) is 0.666. The van der Waals surface area contributed by atoms with E-state index in [1.54, 1.807) is 13.8 Å². The number of aromatic amines is 1. The number of ether oxygens (including phenoxy) is 2. The molecule has 3 rings (SSSR count). The minimum absolute atomic E-state index is 0.00102. The number of carbonyl (C=O) groups excluding carboxylic acids is 2. The summed E-state index contributed by atoms with van der Waals surface area (Å²) < 4.78 is 35.0. The predicted molar refractivity (Wildman–Crippen MR) is 108 cm³/mol. The van der Waals surface area contributed by atoms with E-state index in [4.69, 9.17) is 24.3 Å². The van der Waals surface area contributed by atoms with E-state index in [2.05, 4.69) is 15.0 Å². The fraction of sp³-hybridized carbons (Fsp3) is 0.471. The van der Waals surface area contributed by atoms with Gasteiger partial charge in [0.05, 0.1) is 18.9 Å². The Bertz CT molecular complexity index is 1130. The molecule has 168 valence electrons. The SMILES string of the molecule is CCOP(=O)(COC1C(=O)C(n2cnc3c(=O)[nH]c(N)nc32)=CC1OC(C)=O)OCC. The van der Waals surface area contributed by atoms with Gasteiger partial charge in [0.2, 0.25) is 11.7 Å². The first kappa shape index (κ1) is 22.8. The molecule has 0 radical (unpaired) electrons. The Balaban J connectivity index is 1.94. The van der Waals surface area contributed by atoms with Crippen molar-refractivity contribution in [1.82, 2.24) is 19.5 Å². The molecule has 31 heavy (non-hydrogen) atoms. The number of nitrogens with two attached hydrogens (primary N) is 1. The summed E-state index contributed by atoms with van der Waals surface area (Å²) in [5.41, 5.74) is 5.02. The van der Waals surface area contributed by atoms with Crippen LogP contribution in [0.3, 0.4) is 0 Å². The molecule has 2 aromatic heterocycles. The lowest BCUT2D eigenvalue weighted by atomic mass is 10.2. The molecule has 0 saturated carbocycles. The number of rotatable bonds is 9. The molecule has 0 spiro atoms. The Hall–Kier alpha value is -2.86. The van der Waals surface area contributed by atoms with Crippen LogP contribution in [0.15, 0.2) is 17.2 Å². The molecule has 2 atom stereocenters. The van der Waals surface area contributed by atoms with Crippen molar-refractivity contribution in [3.8, 4) is 0 Å². The van der Waals surface area contributed by atoms with Crippen molar-refractivity contribution < 1.29 is 32.7 Å². The molecule has 0 bridgehead atoms. The van der Waals surface area contributed by atoms with Gasteiger partial charge in [0.25, 0.3) is 5.56 Å². The summed E-state index contributed by atoms with van der Waals surface area (Å²) in [7, 11) is -3.62. The largest absolute Gasteiger partial charge is 0.455 e. The zero-order chi connectivity index (χ0) is 22.8. The van der Waals surface area contributed by atoms with E-state index in [1.807, 2.05) is 0 Å². The van der Waals surface area contributed by atoms with Gasteiger partial charge in [0.15, 0.2) is 23.4 Å². The molecule has 0 aromatic carbocycles. The fourth-order valence-corrected chi connectivity index (χ4v) is 4.41. The summed E-state index contributed by atoms with van der Waals surface area (Å²) in [6, 6.07) is 0. The molecule has 3 N–H and O–H groups in total. The Morgan fingerprint density at radius 2 is 1.97 bits per heavy atom. The zero-order valence-electron chi connectivity index (χ0n) is 17.1. The van der Waals surface area contributed by atoms with Crippen LogP contribution in [0.4, 0.5) is 5.95 Å². The van der Waals surface area contributed by atoms with Gasteiger partial charge >= 0.3 is 13.6 Å². The lowest BCUT2D eigenvalue weighted by Gasteiger charge is -2.22. The topological polar surface area (TPSA) is 178 Å². The van der Waals surface area contributed by atoms with Crippen LogP contribution in [0.25, 0.3) is 16.9 Å². The van der Waals surface area contributed by atoms with E-state index in [1.165, 1.54) is 23.9 Å². The Morgan fingerprint density at radius 1 is 1.29 bits per heavy atom. The van der Waals surface area contributed by atoms with Gasteiger partial charge in [-0.05, 0) is 19.9 Å². The summed E-state index contributed by atoms with van der Waals surface area (Å²) in [5, 5.41) is 0. The standard InChI is InChI=1S/C17H22N5O8P/c1-4-28-31(26,29-5-2)8-27-14-11(30-9(3)23)6-10(13(14)24)22-7-19-12-15(22)20-17(18)21-16(12)25/h6-7,11,14H,4-5,8H2,1-3H3,(H3,18,20,21,25). The number of nitrogens with one attached hydrogen (secondary N) is 1. The number of carbonyl (C=O) groups is 2. The summed E-state index contributed by atoms with van der Waals surface area (Å²) in [4.78, 5) is 46.9. The average Bonchev–Trinajstić information content (AvgIpc) is 3.21. The molecule has 14 heteroatoms. The number of anilines is 1. The van der Waals surface area contributed by atoms with E-state index in [-0.39, 0.29) is 36.0 Å². The van der Waals surface area contributed by atoms with Crippen LogP contribution < -0.4 is 11.3 Å². The van der Waals surface area contributed by atoms with Crippen LogP contribution in [0.2, 0.25) is 0 Å². The Labute approximate surface area is 176 Å². The number of ketones is 1. The first-order valence-corrected chi connectivity index (χ1v) is 11.1. The number of Topliss-reactive ketones (excluding diaryl/α,β-unsaturated/α-hetero) is 1. The van der Waals surface area contributed by atoms with Crippen molar-refractivity contribution in [3.05, 3.63) is 22.8 Å². The highest BCUT2D eigenvalue weighted by Gasteiger charge is 2.42. The van der Waals surface area contributed by atoms with Crippen LogP contribution in [-0.2, 0) is 32.7 Å². The lowest BCUT2D eigenvalue weighted by Crippen LogP contribution is -2.34. The van der Waals surface area contributed by atoms with E-state index in [0.717, 1.165) is 0 Å².